The van der Waals surface area contributed by atoms with E-state index in [1.165, 1.54) is 0 Å². The third-order valence-electron chi connectivity index (χ3n) is 3.50. The Morgan fingerprint density at radius 2 is 2.10 bits per heavy atom. The molecule has 0 unspecified atom stereocenters. The smallest absolute Gasteiger partial charge is 0.261 e. The van der Waals surface area contributed by atoms with E-state index in [4.69, 9.17) is 12.2 Å². The first-order chi connectivity index (χ1) is 9.56. The molecule has 0 bridgehead atoms. The van der Waals surface area contributed by atoms with E-state index in [0.29, 0.717) is 16.2 Å². The van der Waals surface area contributed by atoms with Crippen LogP contribution in [0.25, 0.3) is 11.4 Å². The normalized spacial score (nSPS) is 10.9. The largest absolute Gasteiger partial charge is 0.312 e. The van der Waals surface area contributed by atoms with Gasteiger partial charge in [-0.25, -0.2) is 0 Å². The van der Waals surface area contributed by atoms with Crippen LogP contribution in [0.5, 0.6) is 0 Å². The average Bonchev–Trinajstić information content (AvgIpc) is 2.75. The van der Waals surface area contributed by atoms with Crippen LogP contribution in [0.4, 0.5) is 0 Å². The predicted octanol–water partition coefficient (Wildman–Crippen LogP) is 2.81. The zero-order valence-electron chi connectivity index (χ0n) is 12.1. The van der Waals surface area contributed by atoms with Gasteiger partial charge >= 0.3 is 0 Å². The molecule has 1 N–H and O–H groups in total. The first kappa shape index (κ1) is 14.7. The van der Waals surface area contributed by atoms with Crippen LogP contribution in [-0.2, 0) is 13.6 Å². The summed E-state index contributed by atoms with van der Waals surface area (Å²) in [4.78, 5) is 12.6. The van der Waals surface area contributed by atoms with Crippen LogP contribution in [0.2, 0.25) is 0 Å². The number of nitrogens with zero attached hydrogens (tertiary/aromatic N) is 3. The van der Waals surface area contributed by atoms with Crippen molar-refractivity contribution in [3.05, 3.63) is 33.0 Å². The Hall–Kier alpha value is -1.69. The van der Waals surface area contributed by atoms with Crippen LogP contribution in [0.15, 0.2) is 16.9 Å². The highest BCUT2D eigenvalue weighted by molar-refractivity contribution is 7.71. The molecule has 0 aliphatic rings. The number of hydrogen-bond donors (Lipinski definition) is 1. The fourth-order valence-corrected chi connectivity index (χ4v) is 2.36. The number of aromatic nitrogens is 4. The summed E-state index contributed by atoms with van der Waals surface area (Å²) in [7, 11) is 1.81. The van der Waals surface area contributed by atoms with Crippen molar-refractivity contribution >= 4 is 12.2 Å². The molecule has 0 aliphatic carbocycles. The lowest BCUT2D eigenvalue weighted by Crippen LogP contribution is -2.24. The summed E-state index contributed by atoms with van der Waals surface area (Å²) in [5, 5.41) is 6.86. The summed E-state index contributed by atoms with van der Waals surface area (Å²) < 4.78 is 4.05. The van der Waals surface area contributed by atoms with Gasteiger partial charge in [0.25, 0.3) is 5.56 Å². The first-order valence-corrected chi connectivity index (χ1v) is 7.29. The van der Waals surface area contributed by atoms with Gasteiger partial charge < -0.3 is 9.13 Å². The van der Waals surface area contributed by atoms with E-state index >= 15 is 0 Å². The van der Waals surface area contributed by atoms with Crippen LogP contribution in [0, 0.1) is 11.7 Å². The van der Waals surface area contributed by atoms with Crippen molar-refractivity contribution in [3.63, 3.8) is 0 Å². The number of unbranched alkanes of at least 4 members (excludes halogenated alkanes) is 2. The second kappa shape index (κ2) is 6.17. The molecule has 0 amide bonds. The fourth-order valence-electron chi connectivity index (χ4n) is 2.23. The van der Waals surface area contributed by atoms with Crippen LogP contribution in [-0.4, -0.2) is 19.3 Å². The summed E-state index contributed by atoms with van der Waals surface area (Å²) in [5.41, 5.74) is 1.56. The molecule has 2 rings (SSSR count). The second-order valence-corrected chi connectivity index (χ2v) is 5.35. The highest BCUT2D eigenvalue weighted by Gasteiger charge is 2.13. The molecule has 2 heterocycles. The van der Waals surface area contributed by atoms with E-state index in [-0.39, 0.29) is 5.56 Å². The van der Waals surface area contributed by atoms with Crippen molar-refractivity contribution in [2.45, 2.75) is 39.7 Å². The lowest BCUT2D eigenvalue weighted by Gasteiger charge is -2.11. The molecule has 2 aromatic heterocycles. The molecule has 0 saturated carbocycles. The standard InChI is InChI=1S/C14H20N4OS/c1-4-5-6-9-18-10(2)7-8-11(13(18)19)12-15-16-14(20)17(12)3/h7-8H,4-6,9H2,1-3H3,(H,16,20). The average molecular weight is 292 g/mol. The topological polar surface area (TPSA) is 55.6 Å². The van der Waals surface area contributed by atoms with E-state index in [2.05, 4.69) is 17.1 Å². The fraction of sp³-hybridized carbons (Fsp3) is 0.500. The molecule has 0 saturated heterocycles. The highest BCUT2D eigenvalue weighted by atomic mass is 32.1. The monoisotopic (exact) mass is 292 g/mol. The third-order valence-corrected chi connectivity index (χ3v) is 3.86. The maximum absolute atomic E-state index is 12.6. The molecule has 0 spiro atoms. The lowest BCUT2D eigenvalue weighted by atomic mass is 10.2. The van der Waals surface area contributed by atoms with Crippen molar-refractivity contribution in [3.8, 4) is 11.4 Å². The second-order valence-electron chi connectivity index (χ2n) is 4.96. The number of H-pyrrole nitrogens is 1. The van der Waals surface area contributed by atoms with Crippen molar-refractivity contribution in [2.24, 2.45) is 7.05 Å². The first-order valence-electron chi connectivity index (χ1n) is 6.88. The van der Waals surface area contributed by atoms with Gasteiger partial charge in [0, 0.05) is 19.3 Å². The van der Waals surface area contributed by atoms with E-state index < -0.39 is 0 Å². The van der Waals surface area contributed by atoms with Gasteiger partial charge in [-0.15, -0.1) is 0 Å². The van der Waals surface area contributed by atoms with Gasteiger partial charge in [-0.1, -0.05) is 19.8 Å². The molecule has 20 heavy (non-hydrogen) atoms. The molecule has 108 valence electrons. The van der Waals surface area contributed by atoms with Crippen LogP contribution in [0.1, 0.15) is 31.9 Å². The van der Waals surface area contributed by atoms with Crippen LogP contribution < -0.4 is 5.56 Å². The maximum atomic E-state index is 12.6. The van der Waals surface area contributed by atoms with Gasteiger partial charge in [-0.05, 0) is 37.7 Å². The lowest BCUT2D eigenvalue weighted by molar-refractivity contribution is 0.576. The molecule has 0 radical (unpaired) electrons. The minimum absolute atomic E-state index is 0.00166. The van der Waals surface area contributed by atoms with Crippen molar-refractivity contribution in [1.82, 2.24) is 19.3 Å². The zero-order chi connectivity index (χ0) is 14.7. The van der Waals surface area contributed by atoms with Gasteiger partial charge in [-0.3, -0.25) is 9.89 Å². The van der Waals surface area contributed by atoms with Gasteiger partial charge in [0.15, 0.2) is 10.6 Å². The number of rotatable bonds is 5. The van der Waals surface area contributed by atoms with Crippen LogP contribution in [0.3, 0.4) is 0 Å². The molecule has 0 aliphatic heterocycles. The molecular weight excluding hydrogens is 272 g/mol. The van der Waals surface area contributed by atoms with E-state index in [0.717, 1.165) is 31.5 Å². The summed E-state index contributed by atoms with van der Waals surface area (Å²) in [6.45, 7) is 4.86. The Kier molecular flexibility index (Phi) is 4.54. The van der Waals surface area contributed by atoms with Crippen LogP contribution >= 0.6 is 12.2 Å². The number of aryl methyl sites for hydroxylation is 1. The zero-order valence-corrected chi connectivity index (χ0v) is 13.0. The van der Waals surface area contributed by atoms with Crippen molar-refractivity contribution in [1.29, 1.82) is 0 Å². The van der Waals surface area contributed by atoms with Gasteiger partial charge in [0.2, 0.25) is 0 Å². The molecule has 5 nitrogen and oxygen atoms in total. The molecule has 0 atom stereocenters. The molecule has 2 aromatic rings. The summed E-state index contributed by atoms with van der Waals surface area (Å²) in [5.74, 6) is 0.587. The van der Waals surface area contributed by atoms with Gasteiger partial charge in [-0.2, -0.15) is 5.10 Å². The summed E-state index contributed by atoms with van der Waals surface area (Å²) in [6.07, 6.45) is 3.28. The number of hydrogen-bond acceptors (Lipinski definition) is 3. The molecule has 0 fully saturated rings. The number of nitrogens with one attached hydrogen (secondary N) is 1. The van der Waals surface area contributed by atoms with E-state index in [9.17, 15) is 4.79 Å². The third kappa shape index (κ3) is 2.75. The highest BCUT2D eigenvalue weighted by Crippen LogP contribution is 2.13. The number of pyridine rings is 1. The minimum atomic E-state index is -0.00166. The molecular formula is C14H20N4OS. The predicted molar refractivity (Wildman–Crippen MR) is 82.4 cm³/mol. The Bertz CT molecular complexity index is 711. The Balaban J connectivity index is 2.46. The molecule has 6 heteroatoms. The van der Waals surface area contributed by atoms with E-state index in [1.807, 2.05) is 30.7 Å². The Morgan fingerprint density at radius 1 is 1.35 bits per heavy atom. The van der Waals surface area contributed by atoms with Crippen molar-refractivity contribution < 1.29 is 0 Å². The summed E-state index contributed by atoms with van der Waals surface area (Å²) in [6, 6.07) is 3.78. The quantitative estimate of drug-likeness (QED) is 0.681. The van der Waals surface area contributed by atoms with Crippen molar-refractivity contribution in [2.75, 3.05) is 0 Å². The molecule has 0 aromatic carbocycles. The maximum Gasteiger partial charge on any atom is 0.261 e. The SMILES string of the molecule is CCCCCn1c(C)ccc(-c2n[nH]c(=S)n2C)c1=O. The minimum Gasteiger partial charge on any atom is -0.312 e. The Morgan fingerprint density at radius 3 is 2.70 bits per heavy atom. The van der Waals surface area contributed by atoms with E-state index in [1.54, 1.807) is 4.57 Å². The summed E-state index contributed by atoms with van der Waals surface area (Å²) >= 11 is 5.10. The van der Waals surface area contributed by atoms with Gasteiger partial charge in [0.05, 0.1) is 5.56 Å². The van der Waals surface area contributed by atoms with Gasteiger partial charge in [0.1, 0.15) is 0 Å². The Labute approximate surface area is 123 Å². The number of aromatic amines is 1.